The zero-order chi connectivity index (χ0) is 17.6. The predicted octanol–water partition coefficient (Wildman–Crippen LogP) is 0.0414. The van der Waals surface area contributed by atoms with Gasteiger partial charge in [-0.15, -0.1) is 5.60 Å². The molecule has 0 saturated carbocycles. The van der Waals surface area contributed by atoms with Crippen molar-refractivity contribution in [1.82, 2.24) is 0 Å². The van der Waals surface area contributed by atoms with E-state index in [9.17, 15) is 24.3 Å². The Kier molecular flexibility index (Phi) is 21.2. The molecule has 0 heterocycles. The minimum absolute atomic E-state index is 0. The smallest absolute Gasteiger partial charge is 0.850 e. The summed E-state index contributed by atoms with van der Waals surface area (Å²) in [4.78, 5) is 40.6. The van der Waals surface area contributed by atoms with Crippen LogP contribution in [0.1, 0.15) is 47.5 Å². The largest absolute Gasteiger partial charge is 1.00 e. The van der Waals surface area contributed by atoms with E-state index in [2.05, 4.69) is 9.47 Å². The van der Waals surface area contributed by atoms with E-state index in [0.717, 1.165) is 0 Å². The molecule has 0 aliphatic heterocycles. The third-order valence-corrected chi connectivity index (χ3v) is 1.24. The SMILES string of the molecule is CC(C)(C)[O-].COC(=O)CC(C)=O.COC(=O)CC(C)=O.[Al+]. The fourth-order valence-corrected chi connectivity index (χ4v) is 0.551. The summed E-state index contributed by atoms with van der Waals surface area (Å²) < 4.78 is 8.40. The van der Waals surface area contributed by atoms with E-state index in [0.29, 0.717) is 0 Å². The fourth-order valence-electron chi connectivity index (χ4n) is 0.551. The van der Waals surface area contributed by atoms with Gasteiger partial charge >= 0.3 is 29.3 Å². The Balaban J connectivity index is -0.000000111. The van der Waals surface area contributed by atoms with Crippen molar-refractivity contribution >= 4 is 40.9 Å². The van der Waals surface area contributed by atoms with E-state index in [1.807, 2.05) is 0 Å². The molecule has 0 aromatic heterocycles. The molecule has 0 aliphatic carbocycles. The third-order valence-electron chi connectivity index (χ3n) is 1.24. The molecule has 0 atom stereocenters. The van der Waals surface area contributed by atoms with Crippen molar-refractivity contribution in [3.05, 3.63) is 0 Å². The Morgan fingerprint density at radius 2 is 1.00 bits per heavy atom. The second-order valence-electron chi connectivity index (χ2n) is 5.02. The van der Waals surface area contributed by atoms with Gasteiger partial charge in [0, 0.05) is 0 Å². The van der Waals surface area contributed by atoms with Gasteiger partial charge in [-0.25, -0.2) is 0 Å². The molecule has 22 heavy (non-hydrogen) atoms. The second-order valence-corrected chi connectivity index (χ2v) is 5.02. The number of ketones is 2. The summed E-state index contributed by atoms with van der Waals surface area (Å²) in [6, 6.07) is 0. The van der Waals surface area contributed by atoms with Gasteiger partial charge in [0.25, 0.3) is 0 Å². The first-order chi connectivity index (χ1) is 9.33. The summed E-state index contributed by atoms with van der Waals surface area (Å²) in [5.41, 5.74) is -0.750. The molecule has 0 aliphatic rings. The number of Topliss-reactive ketones (excluding diaryl/α,β-unsaturated/α-hetero) is 2. The maximum absolute atomic E-state index is 10.2. The molecular formula is C14H25AlO7. The number of rotatable bonds is 4. The number of hydrogen-bond donors (Lipinski definition) is 0. The van der Waals surface area contributed by atoms with Gasteiger partial charge in [-0.1, -0.05) is 20.8 Å². The van der Waals surface area contributed by atoms with Crippen LogP contribution in [0.2, 0.25) is 0 Å². The Morgan fingerprint density at radius 1 is 0.818 bits per heavy atom. The Hall–Kier alpha value is -1.23. The molecule has 0 fully saturated rings. The van der Waals surface area contributed by atoms with E-state index < -0.39 is 17.5 Å². The number of methoxy groups -OCH3 is 2. The molecule has 2 radical (unpaired) electrons. The monoisotopic (exact) mass is 332 g/mol. The summed E-state index contributed by atoms with van der Waals surface area (Å²) in [6.45, 7) is 7.58. The Bertz CT molecular complexity index is 312. The molecule has 0 N–H and O–H groups in total. The van der Waals surface area contributed by atoms with E-state index >= 15 is 0 Å². The van der Waals surface area contributed by atoms with Crippen LogP contribution in [0.3, 0.4) is 0 Å². The van der Waals surface area contributed by atoms with Crippen LogP contribution in [0, 0.1) is 0 Å². The first-order valence-corrected chi connectivity index (χ1v) is 6.16. The van der Waals surface area contributed by atoms with Crippen LogP contribution in [0.4, 0.5) is 0 Å². The van der Waals surface area contributed by atoms with E-state index in [1.165, 1.54) is 28.1 Å². The first kappa shape index (κ1) is 28.9. The summed E-state index contributed by atoms with van der Waals surface area (Å²) >= 11 is 0. The Labute approximate surface area is 142 Å². The van der Waals surface area contributed by atoms with Crippen molar-refractivity contribution in [1.29, 1.82) is 0 Å². The number of ether oxygens (including phenoxy) is 2. The van der Waals surface area contributed by atoms with Gasteiger partial charge in [0.15, 0.2) is 0 Å². The molecule has 0 amide bonds. The summed E-state index contributed by atoms with van der Waals surface area (Å²) in [5.74, 6) is -1.29. The fraction of sp³-hybridized carbons (Fsp3) is 0.714. The zero-order valence-corrected chi connectivity index (χ0v) is 15.5. The van der Waals surface area contributed by atoms with Crippen molar-refractivity contribution in [2.24, 2.45) is 0 Å². The van der Waals surface area contributed by atoms with Gasteiger partial charge in [0.2, 0.25) is 0 Å². The molecule has 126 valence electrons. The van der Waals surface area contributed by atoms with Crippen LogP contribution in [0.5, 0.6) is 0 Å². The minimum atomic E-state index is -0.750. The zero-order valence-electron chi connectivity index (χ0n) is 14.3. The second kappa shape index (κ2) is 16.1. The summed E-state index contributed by atoms with van der Waals surface area (Å²) in [5, 5.41) is 10.1. The van der Waals surface area contributed by atoms with Crippen LogP contribution in [-0.4, -0.2) is 60.7 Å². The third kappa shape index (κ3) is 51.1. The van der Waals surface area contributed by atoms with Gasteiger partial charge in [0.05, 0.1) is 14.2 Å². The average Bonchev–Trinajstić information content (AvgIpc) is 2.25. The number of carbonyl (C=O) groups excluding carboxylic acids is 4. The van der Waals surface area contributed by atoms with Gasteiger partial charge in [-0.2, -0.15) is 0 Å². The summed E-state index contributed by atoms with van der Waals surface area (Å²) in [6.07, 6.45) is -0.229. The van der Waals surface area contributed by atoms with Crippen LogP contribution >= 0.6 is 0 Å². The molecule has 8 heteroatoms. The van der Waals surface area contributed by atoms with Crippen molar-refractivity contribution in [3.63, 3.8) is 0 Å². The van der Waals surface area contributed by atoms with Crippen LogP contribution in [0.25, 0.3) is 0 Å². The number of carbonyl (C=O) groups is 4. The molecule has 0 aromatic rings. The van der Waals surface area contributed by atoms with Crippen LogP contribution in [-0.2, 0) is 28.7 Å². The molecular weight excluding hydrogens is 307 g/mol. The van der Waals surface area contributed by atoms with Crippen molar-refractivity contribution in [2.45, 2.75) is 53.1 Å². The van der Waals surface area contributed by atoms with Gasteiger partial charge in [-0.3, -0.25) is 19.2 Å². The molecule has 0 unspecified atom stereocenters. The molecule has 0 rings (SSSR count). The van der Waals surface area contributed by atoms with E-state index in [1.54, 1.807) is 20.8 Å². The average molecular weight is 332 g/mol. The maximum Gasteiger partial charge on any atom is 1.00 e. The van der Waals surface area contributed by atoms with Crippen LogP contribution in [0.15, 0.2) is 0 Å². The number of hydrogen-bond acceptors (Lipinski definition) is 7. The minimum Gasteiger partial charge on any atom is -0.850 e. The van der Waals surface area contributed by atoms with Crippen molar-refractivity contribution in [3.8, 4) is 0 Å². The van der Waals surface area contributed by atoms with Gasteiger partial charge < -0.3 is 14.6 Å². The topological polar surface area (TPSA) is 110 Å². The Morgan fingerprint density at radius 3 is 1.05 bits per heavy atom. The predicted molar refractivity (Wildman–Crippen MR) is 80.1 cm³/mol. The van der Waals surface area contributed by atoms with Crippen LogP contribution < -0.4 is 5.11 Å². The summed E-state index contributed by atoms with van der Waals surface area (Å²) in [7, 11) is 2.51. The molecule has 0 bridgehead atoms. The molecule has 0 aromatic carbocycles. The van der Waals surface area contributed by atoms with Gasteiger partial charge in [0.1, 0.15) is 24.4 Å². The van der Waals surface area contributed by atoms with E-state index in [-0.39, 0.29) is 41.8 Å². The van der Waals surface area contributed by atoms with E-state index in [4.69, 9.17) is 0 Å². The standard InChI is InChI=1S/2C5H8O3.C4H9O.Al/c2*1-4(6)3-5(7)8-2;1-4(2,3)5;/h2*3H2,1-2H3;1-3H3;/q;;-1;+1. The van der Waals surface area contributed by atoms with Crippen molar-refractivity contribution in [2.75, 3.05) is 14.2 Å². The van der Waals surface area contributed by atoms with Gasteiger partial charge in [-0.05, 0) is 13.8 Å². The maximum atomic E-state index is 10.2. The first-order valence-electron chi connectivity index (χ1n) is 6.16. The number of esters is 2. The molecule has 0 saturated heterocycles. The quantitative estimate of drug-likeness (QED) is 0.406. The molecule has 0 spiro atoms. The normalized spacial score (nSPS) is 8.73. The van der Waals surface area contributed by atoms with Crippen molar-refractivity contribution < 1.29 is 33.8 Å². The molecule has 7 nitrogen and oxygen atoms in total.